The van der Waals surface area contributed by atoms with Crippen molar-refractivity contribution in [3.8, 4) is 5.69 Å². The first-order chi connectivity index (χ1) is 15.2. The Kier molecular flexibility index (Phi) is 7.76. The maximum Gasteiger partial charge on any atom is 0.251 e. The number of benzene rings is 1. The Morgan fingerprint density at radius 2 is 2.00 bits per heavy atom. The third kappa shape index (κ3) is 5.95. The normalized spacial score (nSPS) is 24.7. The van der Waals surface area contributed by atoms with Crippen LogP contribution in [0.1, 0.15) is 55.8 Å². The van der Waals surface area contributed by atoms with Crippen molar-refractivity contribution in [1.82, 2.24) is 19.8 Å². The molecule has 3 atom stereocenters. The fourth-order valence-corrected chi connectivity index (χ4v) is 5.13. The van der Waals surface area contributed by atoms with Gasteiger partial charge in [0, 0.05) is 49.4 Å². The van der Waals surface area contributed by atoms with Gasteiger partial charge >= 0.3 is 0 Å². The third-order valence-corrected chi connectivity index (χ3v) is 6.81. The first-order valence-corrected chi connectivity index (χ1v) is 11.9. The number of ether oxygens (including phenoxy) is 1. The molecule has 2 heterocycles. The van der Waals surface area contributed by atoms with Crippen molar-refractivity contribution < 1.29 is 9.53 Å². The van der Waals surface area contributed by atoms with Crippen LogP contribution in [0.4, 0.5) is 0 Å². The molecule has 2 aliphatic rings. The largest absolute Gasteiger partial charge is 0.381 e. The number of carbonyl (C=O) groups is 1. The van der Waals surface area contributed by atoms with Crippen LogP contribution in [0.2, 0.25) is 0 Å². The van der Waals surface area contributed by atoms with Gasteiger partial charge in [-0.1, -0.05) is 12.8 Å². The van der Waals surface area contributed by atoms with Gasteiger partial charge in [-0.3, -0.25) is 4.79 Å². The number of hydrogen-bond acceptors (Lipinski definition) is 4. The fraction of sp³-hybridized carbons (Fsp3) is 0.600. The molecule has 1 aromatic carbocycles. The molecule has 4 rings (SSSR count). The molecular weight excluding hydrogens is 388 g/mol. The summed E-state index contributed by atoms with van der Waals surface area (Å²) in [5.41, 5.74) is 1.74. The van der Waals surface area contributed by atoms with Gasteiger partial charge in [0.05, 0.1) is 12.9 Å². The highest BCUT2D eigenvalue weighted by Crippen LogP contribution is 2.27. The molecule has 1 N–H and O–H groups in total. The maximum absolute atomic E-state index is 13.0. The van der Waals surface area contributed by atoms with Crippen molar-refractivity contribution in [3.05, 3.63) is 48.5 Å². The molecule has 1 aliphatic carbocycles. The lowest BCUT2D eigenvalue weighted by Gasteiger charge is -2.39. The van der Waals surface area contributed by atoms with Gasteiger partial charge in [-0.05, 0) is 75.3 Å². The number of nitrogens with one attached hydrogen (secondary N) is 1. The molecule has 1 aliphatic heterocycles. The molecule has 168 valence electrons. The summed E-state index contributed by atoms with van der Waals surface area (Å²) >= 11 is 0. The van der Waals surface area contributed by atoms with Crippen LogP contribution in [0, 0.1) is 11.8 Å². The van der Waals surface area contributed by atoms with Crippen LogP contribution in [-0.2, 0) is 4.74 Å². The van der Waals surface area contributed by atoms with E-state index in [1.165, 1.54) is 38.6 Å². The predicted octanol–water partition coefficient (Wildman–Crippen LogP) is 3.91. The number of rotatable bonds is 8. The highest BCUT2D eigenvalue weighted by Gasteiger charge is 2.30. The molecule has 2 fully saturated rings. The van der Waals surface area contributed by atoms with Crippen LogP contribution >= 0.6 is 0 Å². The van der Waals surface area contributed by atoms with E-state index in [2.05, 4.69) is 22.1 Å². The van der Waals surface area contributed by atoms with Crippen LogP contribution in [0.3, 0.4) is 0 Å². The highest BCUT2D eigenvalue weighted by molar-refractivity contribution is 5.94. The molecule has 31 heavy (non-hydrogen) atoms. The molecule has 3 unspecified atom stereocenters. The molecule has 6 nitrogen and oxygen atoms in total. The van der Waals surface area contributed by atoms with E-state index in [9.17, 15) is 4.79 Å². The van der Waals surface area contributed by atoms with E-state index in [1.54, 1.807) is 12.5 Å². The van der Waals surface area contributed by atoms with Crippen LogP contribution < -0.4 is 5.32 Å². The van der Waals surface area contributed by atoms with Gasteiger partial charge in [-0.2, -0.15) is 0 Å². The van der Waals surface area contributed by atoms with E-state index in [1.807, 2.05) is 35.0 Å². The van der Waals surface area contributed by atoms with E-state index < -0.39 is 0 Å². The van der Waals surface area contributed by atoms with Gasteiger partial charge in [-0.15, -0.1) is 0 Å². The number of amides is 1. The summed E-state index contributed by atoms with van der Waals surface area (Å²) in [7, 11) is 0. The quantitative estimate of drug-likeness (QED) is 0.698. The second-order valence-corrected chi connectivity index (χ2v) is 9.07. The van der Waals surface area contributed by atoms with Crippen molar-refractivity contribution in [1.29, 1.82) is 0 Å². The highest BCUT2D eigenvalue weighted by atomic mass is 16.5. The zero-order valence-corrected chi connectivity index (χ0v) is 18.7. The molecule has 0 radical (unpaired) electrons. The standard InChI is InChI=1S/C25H36N4O2/c1-2-31-18-20-6-5-14-28(16-20)17-22-7-3-4-8-24(22)27-25(30)21-9-11-23(12-10-21)29-15-13-26-19-29/h9-13,15,19-20,22,24H,2-8,14,16-18H2,1H3,(H,27,30). The number of piperidine rings is 1. The van der Waals surface area contributed by atoms with E-state index >= 15 is 0 Å². The fourth-order valence-electron chi connectivity index (χ4n) is 5.13. The van der Waals surface area contributed by atoms with Gasteiger partial charge in [-0.25, -0.2) is 4.98 Å². The van der Waals surface area contributed by atoms with Gasteiger partial charge in [0.2, 0.25) is 0 Å². The van der Waals surface area contributed by atoms with Crippen molar-refractivity contribution >= 4 is 5.91 Å². The van der Waals surface area contributed by atoms with Crippen LogP contribution in [0.15, 0.2) is 43.0 Å². The lowest BCUT2D eigenvalue weighted by molar-refractivity contribution is 0.0548. The lowest BCUT2D eigenvalue weighted by Crippen LogP contribution is -2.48. The van der Waals surface area contributed by atoms with Crippen LogP contribution in [0.25, 0.3) is 5.69 Å². The van der Waals surface area contributed by atoms with Gasteiger partial charge in [0.1, 0.15) is 0 Å². The molecule has 1 saturated heterocycles. The maximum atomic E-state index is 13.0. The molecule has 1 aromatic heterocycles. The van der Waals surface area contributed by atoms with Gasteiger partial charge in [0.25, 0.3) is 5.91 Å². The number of hydrogen-bond donors (Lipinski definition) is 1. The third-order valence-electron chi connectivity index (χ3n) is 6.81. The van der Waals surface area contributed by atoms with Gasteiger partial charge < -0.3 is 19.5 Å². The number of nitrogens with zero attached hydrogens (tertiary/aromatic N) is 3. The molecular formula is C25H36N4O2. The Labute approximate surface area is 186 Å². The zero-order chi connectivity index (χ0) is 21.5. The minimum absolute atomic E-state index is 0.0435. The van der Waals surface area contributed by atoms with E-state index in [-0.39, 0.29) is 11.9 Å². The number of imidazole rings is 1. The minimum Gasteiger partial charge on any atom is -0.381 e. The molecule has 2 aromatic rings. The Morgan fingerprint density at radius 3 is 2.77 bits per heavy atom. The summed E-state index contributed by atoms with van der Waals surface area (Å²) in [6.07, 6.45) is 12.7. The predicted molar refractivity (Wildman–Crippen MR) is 122 cm³/mol. The van der Waals surface area contributed by atoms with Crippen LogP contribution in [-0.4, -0.2) is 59.2 Å². The molecule has 0 spiro atoms. The van der Waals surface area contributed by atoms with E-state index in [4.69, 9.17) is 4.74 Å². The van der Waals surface area contributed by atoms with Crippen molar-refractivity contribution in [2.45, 2.75) is 51.5 Å². The minimum atomic E-state index is 0.0435. The van der Waals surface area contributed by atoms with Crippen molar-refractivity contribution in [2.24, 2.45) is 11.8 Å². The van der Waals surface area contributed by atoms with Crippen LogP contribution in [0.5, 0.6) is 0 Å². The average Bonchev–Trinajstić information content (AvgIpc) is 3.34. The summed E-state index contributed by atoms with van der Waals surface area (Å²) in [6.45, 7) is 7.15. The van der Waals surface area contributed by atoms with Crippen molar-refractivity contribution in [2.75, 3.05) is 32.8 Å². The zero-order valence-electron chi connectivity index (χ0n) is 18.7. The van der Waals surface area contributed by atoms with E-state index in [0.717, 1.165) is 44.0 Å². The number of likely N-dealkylation sites (tertiary alicyclic amines) is 1. The Hall–Kier alpha value is -2.18. The summed E-state index contributed by atoms with van der Waals surface area (Å²) in [5, 5.41) is 3.37. The lowest BCUT2D eigenvalue weighted by atomic mass is 9.83. The molecule has 1 amide bonds. The summed E-state index contributed by atoms with van der Waals surface area (Å²) in [6, 6.07) is 8.03. The first kappa shape index (κ1) is 22.0. The summed E-state index contributed by atoms with van der Waals surface area (Å²) in [4.78, 5) is 19.7. The summed E-state index contributed by atoms with van der Waals surface area (Å²) in [5.74, 6) is 1.23. The smallest absolute Gasteiger partial charge is 0.251 e. The van der Waals surface area contributed by atoms with E-state index in [0.29, 0.717) is 11.8 Å². The Balaban J connectivity index is 1.33. The van der Waals surface area contributed by atoms with Crippen molar-refractivity contribution in [3.63, 3.8) is 0 Å². The second-order valence-electron chi connectivity index (χ2n) is 9.07. The number of carbonyl (C=O) groups excluding carboxylic acids is 1. The Morgan fingerprint density at radius 1 is 1.16 bits per heavy atom. The SMILES string of the molecule is CCOCC1CCCN(CC2CCCCC2NC(=O)c2ccc(-n3ccnc3)cc2)C1. The summed E-state index contributed by atoms with van der Waals surface area (Å²) < 4.78 is 7.62. The molecule has 1 saturated carbocycles. The molecule has 6 heteroatoms. The first-order valence-electron chi connectivity index (χ1n) is 11.9. The topological polar surface area (TPSA) is 59.4 Å². The number of aromatic nitrogens is 2. The monoisotopic (exact) mass is 424 g/mol. The average molecular weight is 425 g/mol. The second kappa shape index (κ2) is 10.9. The Bertz CT molecular complexity index is 805. The van der Waals surface area contributed by atoms with Gasteiger partial charge in [0.15, 0.2) is 0 Å². The molecule has 0 bridgehead atoms.